The summed E-state index contributed by atoms with van der Waals surface area (Å²) in [6, 6.07) is 7.81. The van der Waals surface area contributed by atoms with E-state index in [0.29, 0.717) is 16.9 Å². The average molecular weight is 271 g/mol. The number of nitrogens with two attached hydrogens (primary N) is 1. The number of hydrogen-bond donors (Lipinski definition) is 3. The number of nitrogens with zero attached hydrogens (tertiary/aromatic N) is 1. The zero-order valence-electron chi connectivity index (χ0n) is 10.8. The third-order valence-electron chi connectivity index (χ3n) is 2.78. The second-order valence-electron chi connectivity index (χ2n) is 4.26. The van der Waals surface area contributed by atoms with E-state index in [-0.39, 0.29) is 11.6 Å². The highest BCUT2D eigenvalue weighted by Gasteiger charge is 2.09. The number of aromatic carboxylic acids is 1. The van der Waals surface area contributed by atoms with Crippen LogP contribution in [0.4, 0.5) is 11.4 Å². The summed E-state index contributed by atoms with van der Waals surface area (Å²) in [6.07, 6.45) is 1.29. The largest absolute Gasteiger partial charge is 0.477 e. The van der Waals surface area contributed by atoms with Gasteiger partial charge in [0, 0.05) is 11.3 Å². The number of pyridine rings is 1. The van der Waals surface area contributed by atoms with Crippen LogP contribution in [0.3, 0.4) is 0 Å². The minimum absolute atomic E-state index is 0.0809. The lowest BCUT2D eigenvalue weighted by molar-refractivity contribution is 0.0690. The topological polar surface area (TPSA) is 105 Å². The maximum atomic E-state index is 12.0. The number of carbonyl (C=O) groups excluding carboxylic acids is 1. The van der Waals surface area contributed by atoms with Gasteiger partial charge in [-0.15, -0.1) is 0 Å². The summed E-state index contributed by atoms with van der Waals surface area (Å²) in [5, 5.41) is 11.3. The summed E-state index contributed by atoms with van der Waals surface area (Å²) in [5.74, 6) is -1.45. The lowest BCUT2D eigenvalue weighted by Gasteiger charge is -2.07. The molecule has 0 unspecified atom stereocenters. The van der Waals surface area contributed by atoms with E-state index >= 15 is 0 Å². The first-order valence-electron chi connectivity index (χ1n) is 5.84. The highest BCUT2D eigenvalue weighted by molar-refractivity contribution is 6.04. The summed E-state index contributed by atoms with van der Waals surface area (Å²) < 4.78 is 0. The molecule has 0 aliphatic heterocycles. The smallest absolute Gasteiger partial charge is 0.354 e. The molecule has 102 valence electrons. The van der Waals surface area contributed by atoms with Crippen molar-refractivity contribution in [3.63, 3.8) is 0 Å². The Morgan fingerprint density at radius 3 is 2.55 bits per heavy atom. The molecule has 0 aliphatic carbocycles. The van der Waals surface area contributed by atoms with Crippen LogP contribution in [0.2, 0.25) is 0 Å². The molecule has 1 heterocycles. The van der Waals surface area contributed by atoms with Gasteiger partial charge in [0.2, 0.25) is 0 Å². The van der Waals surface area contributed by atoms with Crippen LogP contribution in [0.5, 0.6) is 0 Å². The summed E-state index contributed by atoms with van der Waals surface area (Å²) in [6.45, 7) is 1.85. The third kappa shape index (κ3) is 2.92. The Bertz CT molecular complexity index is 666. The molecule has 0 fully saturated rings. The minimum Gasteiger partial charge on any atom is -0.477 e. The second-order valence-corrected chi connectivity index (χ2v) is 4.26. The van der Waals surface area contributed by atoms with Crippen LogP contribution >= 0.6 is 0 Å². The number of benzene rings is 1. The first kappa shape index (κ1) is 13.5. The number of aryl methyl sites for hydroxylation is 1. The molecule has 2 rings (SSSR count). The maximum Gasteiger partial charge on any atom is 0.354 e. The van der Waals surface area contributed by atoms with Crippen molar-refractivity contribution in [3.05, 3.63) is 53.3 Å². The van der Waals surface area contributed by atoms with Crippen LogP contribution in [0.15, 0.2) is 36.5 Å². The number of nitrogen functional groups attached to an aromatic ring is 1. The molecule has 1 aromatic carbocycles. The van der Waals surface area contributed by atoms with Gasteiger partial charge in [-0.3, -0.25) is 4.79 Å². The van der Waals surface area contributed by atoms with E-state index in [1.165, 1.54) is 18.3 Å². The van der Waals surface area contributed by atoms with E-state index < -0.39 is 5.97 Å². The molecule has 1 aromatic heterocycles. The van der Waals surface area contributed by atoms with E-state index in [1.807, 2.05) is 6.92 Å². The molecule has 2 aromatic rings. The van der Waals surface area contributed by atoms with Gasteiger partial charge in [-0.25, -0.2) is 9.78 Å². The molecular weight excluding hydrogens is 258 g/mol. The summed E-state index contributed by atoms with van der Waals surface area (Å²) >= 11 is 0. The number of aromatic nitrogens is 1. The Balaban J connectivity index is 2.14. The molecule has 0 spiro atoms. The third-order valence-corrected chi connectivity index (χ3v) is 2.78. The second kappa shape index (κ2) is 5.40. The predicted octanol–water partition coefficient (Wildman–Crippen LogP) is 1.92. The van der Waals surface area contributed by atoms with Gasteiger partial charge in [-0.2, -0.15) is 0 Å². The Labute approximate surface area is 115 Å². The van der Waals surface area contributed by atoms with Gasteiger partial charge < -0.3 is 16.2 Å². The van der Waals surface area contributed by atoms with Crippen molar-refractivity contribution in [3.8, 4) is 0 Å². The van der Waals surface area contributed by atoms with E-state index in [0.717, 1.165) is 5.56 Å². The quantitative estimate of drug-likeness (QED) is 0.739. The molecule has 20 heavy (non-hydrogen) atoms. The van der Waals surface area contributed by atoms with Gasteiger partial charge in [-0.1, -0.05) is 6.07 Å². The van der Waals surface area contributed by atoms with Crippen LogP contribution < -0.4 is 11.1 Å². The molecule has 0 aliphatic rings. The van der Waals surface area contributed by atoms with Crippen molar-refractivity contribution in [2.24, 2.45) is 0 Å². The van der Waals surface area contributed by atoms with Gasteiger partial charge in [0.05, 0.1) is 11.9 Å². The fourth-order valence-corrected chi connectivity index (χ4v) is 1.58. The standard InChI is InChI=1S/C14H13N3O3/c1-8-2-3-9(6-11(8)15)13(18)17-10-4-5-12(14(19)20)16-7-10/h2-7H,15H2,1H3,(H,17,18)(H,19,20). The number of hydrogen-bond acceptors (Lipinski definition) is 4. The zero-order valence-corrected chi connectivity index (χ0v) is 10.8. The van der Waals surface area contributed by atoms with Crippen LogP contribution in [0.25, 0.3) is 0 Å². The lowest BCUT2D eigenvalue weighted by Crippen LogP contribution is -2.13. The van der Waals surface area contributed by atoms with E-state index in [4.69, 9.17) is 10.8 Å². The molecule has 6 heteroatoms. The first-order chi connectivity index (χ1) is 9.47. The zero-order chi connectivity index (χ0) is 14.7. The minimum atomic E-state index is -1.12. The van der Waals surface area contributed by atoms with Crippen LogP contribution in [0.1, 0.15) is 26.4 Å². The maximum absolute atomic E-state index is 12.0. The summed E-state index contributed by atoms with van der Waals surface area (Å²) in [5.41, 5.74) is 7.94. The predicted molar refractivity (Wildman–Crippen MR) is 74.7 cm³/mol. The Kier molecular flexibility index (Phi) is 3.65. The first-order valence-corrected chi connectivity index (χ1v) is 5.84. The monoisotopic (exact) mass is 271 g/mol. The Hall–Kier alpha value is -2.89. The molecule has 0 atom stereocenters. The molecule has 0 saturated heterocycles. The van der Waals surface area contributed by atoms with Crippen LogP contribution in [0, 0.1) is 6.92 Å². The van der Waals surface area contributed by atoms with Gasteiger partial charge in [0.15, 0.2) is 0 Å². The van der Waals surface area contributed by atoms with Crippen molar-refractivity contribution < 1.29 is 14.7 Å². The number of nitrogens with one attached hydrogen (secondary N) is 1. The number of anilines is 2. The lowest BCUT2D eigenvalue weighted by atomic mass is 10.1. The van der Waals surface area contributed by atoms with Crippen LogP contribution in [-0.4, -0.2) is 22.0 Å². The van der Waals surface area contributed by atoms with Crippen molar-refractivity contribution in [2.75, 3.05) is 11.1 Å². The molecule has 0 saturated carbocycles. The van der Waals surface area contributed by atoms with E-state index in [9.17, 15) is 9.59 Å². The molecule has 1 amide bonds. The highest BCUT2D eigenvalue weighted by atomic mass is 16.4. The number of rotatable bonds is 3. The average Bonchev–Trinajstić information content (AvgIpc) is 2.42. The van der Waals surface area contributed by atoms with Crippen LogP contribution in [-0.2, 0) is 0 Å². The molecule has 4 N–H and O–H groups in total. The van der Waals surface area contributed by atoms with E-state index in [1.54, 1.807) is 18.2 Å². The molecule has 0 bridgehead atoms. The molecular formula is C14H13N3O3. The SMILES string of the molecule is Cc1ccc(C(=O)Nc2ccc(C(=O)O)nc2)cc1N. The number of amides is 1. The normalized spacial score (nSPS) is 10.1. The molecule has 6 nitrogen and oxygen atoms in total. The fraction of sp³-hybridized carbons (Fsp3) is 0.0714. The van der Waals surface area contributed by atoms with Crippen molar-refractivity contribution in [1.29, 1.82) is 0 Å². The summed E-state index contributed by atoms with van der Waals surface area (Å²) in [4.78, 5) is 26.4. The van der Waals surface area contributed by atoms with Gasteiger partial charge in [0.1, 0.15) is 5.69 Å². The van der Waals surface area contributed by atoms with Crippen molar-refractivity contribution in [1.82, 2.24) is 4.98 Å². The Morgan fingerprint density at radius 1 is 1.25 bits per heavy atom. The summed E-state index contributed by atoms with van der Waals surface area (Å²) in [7, 11) is 0. The van der Waals surface area contributed by atoms with E-state index in [2.05, 4.69) is 10.3 Å². The number of carboxylic acids is 1. The Morgan fingerprint density at radius 2 is 2.00 bits per heavy atom. The van der Waals surface area contributed by atoms with Crippen molar-refractivity contribution >= 4 is 23.3 Å². The number of carbonyl (C=O) groups is 2. The van der Waals surface area contributed by atoms with Gasteiger partial charge in [0.25, 0.3) is 5.91 Å². The fourth-order valence-electron chi connectivity index (χ4n) is 1.58. The van der Waals surface area contributed by atoms with Gasteiger partial charge >= 0.3 is 5.97 Å². The highest BCUT2D eigenvalue weighted by Crippen LogP contribution is 2.15. The number of carboxylic acid groups (broad SMARTS) is 1. The van der Waals surface area contributed by atoms with Crippen molar-refractivity contribution in [2.45, 2.75) is 6.92 Å². The van der Waals surface area contributed by atoms with Gasteiger partial charge in [-0.05, 0) is 36.8 Å². The molecule has 0 radical (unpaired) electrons.